The Bertz CT molecular complexity index is 1190. The molecule has 1 aliphatic rings. The first-order chi connectivity index (χ1) is 15.2. The van der Waals surface area contributed by atoms with Gasteiger partial charge in [-0.1, -0.05) is 6.07 Å². The fourth-order valence-electron chi connectivity index (χ4n) is 3.65. The normalized spacial score (nSPS) is 15.8. The number of hydrogen-bond donors (Lipinski definition) is 2. The maximum atomic E-state index is 14.6. The summed E-state index contributed by atoms with van der Waals surface area (Å²) in [5.41, 5.74) is -3.19. The second-order valence-electron chi connectivity index (χ2n) is 7.91. The molecule has 33 heavy (non-hydrogen) atoms. The van der Waals surface area contributed by atoms with Gasteiger partial charge in [-0.05, 0) is 63.3 Å². The molecule has 2 aromatic rings. The first-order valence-corrected chi connectivity index (χ1v) is 10.1. The number of amides is 2. The Morgan fingerprint density at radius 2 is 1.67 bits per heavy atom. The van der Waals surface area contributed by atoms with E-state index >= 15 is 0 Å². The lowest BCUT2D eigenvalue weighted by molar-refractivity contribution is -0.137. The number of hydrogen-bond acceptors (Lipinski definition) is 4. The molecule has 0 spiro atoms. The average Bonchev–Trinajstić information content (AvgIpc) is 2.90. The quantitative estimate of drug-likeness (QED) is 0.384. The fraction of sp³-hybridized carbons (Fsp3) is 0.273. The van der Waals surface area contributed by atoms with E-state index in [4.69, 9.17) is 17.6 Å². The Kier molecular flexibility index (Phi) is 6.05. The van der Waals surface area contributed by atoms with E-state index in [0.29, 0.717) is 0 Å². The van der Waals surface area contributed by atoms with Crippen molar-refractivity contribution in [2.24, 2.45) is 0 Å². The molecule has 0 radical (unpaired) electrons. The van der Waals surface area contributed by atoms with Crippen molar-refractivity contribution in [2.45, 2.75) is 32.5 Å². The van der Waals surface area contributed by atoms with Gasteiger partial charge in [0.25, 0.3) is 11.8 Å². The predicted octanol–water partition coefficient (Wildman–Crippen LogP) is 4.51. The van der Waals surface area contributed by atoms with Crippen LogP contribution in [0, 0.1) is 11.2 Å². The van der Waals surface area contributed by atoms with E-state index in [0.717, 1.165) is 23.1 Å². The molecular weight excluding hydrogens is 460 g/mol. The van der Waals surface area contributed by atoms with E-state index in [-0.39, 0.29) is 33.3 Å². The van der Waals surface area contributed by atoms with Crippen molar-refractivity contribution in [3.05, 3.63) is 58.9 Å². The van der Waals surface area contributed by atoms with Gasteiger partial charge in [-0.3, -0.25) is 14.5 Å². The number of carbonyl (C=O) groups excluding carboxylic acids is 2. The molecule has 2 amide bonds. The van der Waals surface area contributed by atoms with Crippen molar-refractivity contribution < 1.29 is 27.2 Å². The third-order valence-corrected chi connectivity index (χ3v) is 5.69. The van der Waals surface area contributed by atoms with Crippen LogP contribution in [0.15, 0.2) is 36.4 Å². The standard InChI is InChI=1S/C22H20F4N4O2S/c1-11(27)14-7-5-12(9-16(14)22(24,25)26)29-19(32)21(2,3)30(20(29)33)13-6-8-15(17(23)10-13)18(31)28-4/h5-10,27H,1-4H3,(H,28,31). The highest BCUT2D eigenvalue weighted by Crippen LogP contribution is 2.40. The maximum Gasteiger partial charge on any atom is 0.417 e. The number of thiocarbonyl (C=S) groups is 1. The summed E-state index contributed by atoms with van der Waals surface area (Å²) in [6.07, 6.45) is -4.76. The molecule has 2 aromatic carbocycles. The summed E-state index contributed by atoms with van der Waals surface area (Å²) in [4.78, 5) is 27.3. The molecule has 0 aromatic heterocycles. The zero-order valence-electron chi connectivity index (χ0n) is 18.1. The number of nitrogens with one attached hydrogen (secondary N) is 2. The first-order valence-electron chi connectivity index (χ1n) is 9.69. The highest BCUT2D eigenvalue weighted by atomic mass is 32.1. The molecule has 174 valence electrons. The number of rotatable bonds is 4. The summed E-state index contributed by atoms with van der Waals surface area (Å²) in [6.45, 7) is 4.25. The van der Waals surface area contributed by atoms with E-state index in [1.165, 1.54) is 50.9 Å². The Morgan fingerprint density at radius 1 is 1.09 bits per heavy atom. The lowest BCUT2D eigenvalue weighted by Gasteiger charge is -2.29. The monoisotopic (exact) mass is 480 g/mol. The SMILES string of the molecule is CNC(=O)c1ccc(N2C(=S)N(c3ccc(C(C)=N)c(C(F)(F)F)c3)C(=O)C2(C)C)cc1F. The molecule has 2 N–H and O–H groups in total. The third kappa shape index (κ3) is 4.08. The smallest absolute Gasteiger partial charge is 0.355 e. The molecule has 1 saturated heterocycles. The van der Waals surface area contributed by atoms with Crippen molar-refractivity contribution >= 4 is 46.2 Å². The Balaban J connectivity index is 2.11. The van der Waals surface area contributed by atoms with Crippen LogP contribution in [0.25, 0.3) is 0 Å². The van der Waals surface area contributed by atoms with E-state index in [1.54, 1.807) is 0 Å². The maximum absolute atomic E-state index is 14.6. The van der Waals surface area contributed by atoms with Crippen LogP contribution in [0.4, 0.5) is 28.9 Å². The molecule has 1 fully saturated rings. The summed E-state index contributed by atoms with van der Waals surface area (Å²) < 4.78 is 55.4. The van der Waals surface area contributed by atoms with Gasteiger partial charge < -0.3 is 15.6 Å². The van der Waals surface area contributed by atoms with Crippen molar-refractivity contribution in [2.75, 3.05) is 16.8 Å². The third-order valence-electron chi connectivity index (χ3n) is 5.32. The zero-order valence-corrected chi connectivity index (χ0v) is 18.9. The fourth-order valence-corrected chi connectivity index (χ4v) is 4.17. The molecule has 6 nitrogen and oxygen atoms in total. The molecule has 3 rings (SSSR count). The van der Waals surface area contributed by atoms with Gasteiger partial charge in [-0.25, -0.2) is 4.39 Å². The van der Waals surface area contributed by atoms with Gasteiger partial charge in [0.15, 0.2) is 5.11 Å². The molecule has 1 heterocycles. The van der Waals surface area contributed by atoms with Crippen LogP contribution in [0.3, 0.4) is 0 Å². The lowest BCUT2D eigenvalue weighted by atomic mass is 10.0. The summed E-state index contributed by atoms with van der Waals surface area (Å²) in [5.74, 6) is -2.10. The van der Waals surface area contributed by atoms with Gasteiger partial charge >= 0.3 is 6.18 Å². The average molecular weight is 480 g/mol. The van der Waals surface area contributed by atoms with E-state index < -0.39 is 34.9 Å². The van der Waals surface area contributed by atoms with Crippen molar-refractivity contribution in [1.82, 2.24) is 5.32 Å². The number of anilines is 2. The number of carbonyl (C=O) groups is 2. The molecule has 0 saturated carbocycles. The number of benzene rings is 2. The summed E-state index contributed by atoms with van der Waals surface area (Å²) >= 11 is 5.43. The minimum atomic E-state index is -4.76. The molecule has 0 unspecified atom stereocenters. The van der Waals surface area contributed by atoms with Crippen LogP contribution in [0.2, 0.25) is 0 Å². The van der Waals surface area contributed by atoms with E-state index in [2.05, 4.69) is 5.32 Å². The van der Waals surface area contributed by atoms with Gasteiger partial charge in [-0.2, -0.15) is 13.2 Å². The Morgan fingerprint density at radius 3 is 2.18 bits per heavy atom. The van der Waals surface area contributed by atoms with Gasteiger partial charge in [0.1, 0.15) is 11.4 Å². The van der Waals surface area contributed by atoms with Crippen LogP contribution in [-0.2, 0) is 11.0 Å². The minimum Gasteiger partial charge on any atom is -0.355 e. The van der Waals surface area contributed by atoms with Crippen molar-refractivity contribution in [1.29, 1.82) is 5.41 Å². The van der Waals surface area contributed by atoms with Crippen LogP contribution >= 0.6 is 12.2 Å². The van der Waals surface area contributed by atoms with Gasteiger partial charge in [0.05, 0.1) is 16.8 Å². The number of nitrogens with zero attached hydrogens (tertiary/aromatic N) is 2. The molecule has 11 heteroatoms. The van der Waals surface area contributed by atoms with Crippen LogP contribution in [0.1, 0.15) is 42.3 Å². The van der Waals surface area contributed by atoms with Gasteiger partial charge in [0, 0.05) is 24.0 Å². The summed E-state index contributed by atoms with van der Waals surface area (Å²) in [5, 5.41) is 9.79. The first kappa shape index (κ1) is 24.3. The van der Waals surface area contributed by atoms with Gasteiger partial charge in [-0.15, -0.1) is 0 Å². The largest absolute Gasteiger partial charge is 0.417 e. The highest BCUT2D eigenvalue weighted by Gasteiger charge is 2.51. The number of alkyl halides is 3. The minimum absolute atomic E-state index is 0.125. The Labute approximate surface area is 192 Å². The Hall–Kier alpha value is -3.34. The van der Waals surface area contributed by atoms with E-state index in [9.17, 15) is 27.2 Å². The molecule has 0 bridgehead atoms. The molecule has 1 aliphatic heterocycles. The second-order valence-corrected chi connectivity index (χ2v) is 8.28. The lowest BCUT2D eigenvalue weighted by Crippen LogP contribution is -2.44. The summed E-state index contributed by atoms with van der Waals surface area (Å²) in [6, 6.07) is 6.84. The zero-order chi connectivity index (χ0) is 24.9. The topological polar surface area (TPSA) is 76.5 Å². The molecule has 0 aliphatic carbocycles. The van der Waals surface area contributed by atoms with Gasteiger partial charge in [0.2, 0.25) is 0 Å². The van der Waals surface area contributed by atoms with Crippen LogP contribution in [-0.4, -0.2) is 35.2 Å². The van der Waals surface area contributed by atoms with Crippen molar-refractivity contribution in [3.8, 4) is 0 Å². The summed E-state index contributed by atoms with van der Waals surface area (Å²) in [7, 11) is 1.35. The van der Waals surface area contributed by atoms with Crippen LogP contribution in [0.5, 0.6) is 0 Å². The van der Waals surface area contributed by atoms with E-state index in [1.807, 2.05) is 0 Å². The van der Waals surface area contributed by atoms with Crippen molar-refractivity contribution in [3.63, 3.8) is 0 Å². The van der Waals surface area contributed by atoms with Crippen LogP contribution < -0.4 is 15.1 Å². The number of halogens is 4. The molecular formula is C22H20F4N4O2S. The highest BCUT2D eigenvalue weighted by molar-refractivity contribution is 7.81. The molecule has 0 atom stereocenters. The second kappa shape index (κ2) is 8.22. The predicted molar refractivity (Wildman–Crippen MR) is 120 cm³/mol.